The quantitative estimate of drug-likeness (QED) is 0.0321. The predicted octanol–water partition coefficient (Wildman–Crippen LogP) is 17.1. The van der Waals surface area contributed by atoms with E-state index in [0.29, 0.717) is 19.4 Å². The maximum absolute atomic E-state index is 12.5. The molecule has 0 fully saturated rings. The number of hydrogen-bond donors (Lipinski definition) is 3. The minimum absolute atomic E-state index is 0.0104. The first-order valence-electron chi connectivity index (χ1n) is 28.1. The molecule has 0 rings (SSSR count). The van der Waals surface area contributed by atoms with Crippen LogP contribution >= 0.6 is 0 Å². The van der Waals surface area contributed by atoms with Crippen LogP contribution in [0.3, 0.4) is 0 Å². The van der Waals surface area contributed by atoms with Gasteiger partial charge in [0.15, 0.2) is 0 Å². The molecular formula is C57H109NO5. The number of carbonyl (C=O) groups is 2. The monoisotopic (exact) mass is 888 g/mol. The van der Waals surface area contributed by atoms with E-state index in [1.54, 1.807) is 6.08 Å². The van der Waals surface area contributed by atoms with Crippen LogP contribution in [0.1, 0.15) is 303 Å². The van der Waals surface area contributed by atoms with Gasteiger partial charge in [0.2, 0.25) is 5.91 Å². The topological polar surface area (TPSA) is 95.9 Å². The van der Waals surface area contributed by atoms with Gasteiger partial charge in [-0.3, -0.25) is 9.59 Å². The highest BCUT2D eigenvalue weighted by molar-refractivity contribution is 5.76. The molecule has 0 saturated heterocycles. The molecule has 0 aliphatic rings. The van der Waals surface area contributed by atoms with Crippen LogP contribution in [0, 0.1) is 0 Å². The molecule has 6 heteroatoms. The summed E-state index contributed by atoms with van der Waals surface area (Å²) < 4.78 is 5.45. The Morgan fingerprint density at radius 3 is 1.13 bits per heavy atom. The van der Waals surface area contributed by atoms with Crippen LogP contribution in [0.4, 0.5) is 0 Å². The van der Waals surface area contributed by atoms with Crippen molar-refractivity contribution >= 4 is 11.9 Å². The molecule has 372 valence electrons. The van der Waals surface area contributed by atoms with Gasteiger partial charge >= 0.3 is 5.97 Å². The normalized spacial score (nSPS) is 12.8. The summed E-state index contributed by atoms with van der Waals surface area (Å²) in [5.41, 5.74) is 0. The maximum Gasteiger partial charge on any atom is 0.305 e. The van der Waals surface area contributed by atoms with Crippen molar-refractivity contribution in [2.75, 3.05) is 13.2 Å². The average molecular weight is 889 g/mol. The van der Waals surface area contributed by atoms with Gasteiger partial charge in [-0.25, -0.2) is 0 Å². The molecule has 0 radical (unpaired) electrons. The van der Waals surface area contributed by atoms with Crippen molar-refractivity contribution < 1.29 is 24.5 Å². The summed E-state index contributed by atoms with van der Waals surface area (Å²) in [6.07, 6.45) is 63.3. The Labute approximate surface area is 392 Å². The molecular weight excluding hydrogens is 779 g/mol. The van der Waals surface area contributed by atoms with Crippen molar-refractivity contribution in [3.63, 3.8) is 0 Å². The molecule has 0 aromatic rings. The first-order chi connectivity index (χ1) is 31.0. The zero-order valence-electron chi connectivity index (χ0n) is 42.3. The predicted molar refractivity (Wildman–Crippen MR) is 273 cm³/mol. The molecule has 63 heavy (non-hydrogen) atoms. The summed E-state index contributed by atoms with van der Waals surface area (Å²) in [5, 5.41) is 23.1. The van der Waals surface area contributed by atoms with E-state index in [1.165, 1.54) is 205 Å². The maximum atomic E-state index is 12.5. The standard InChI is InChI=1S/C57H109NO5/c1-3-5-7-9-11-13-15-17-18-19-20-21-23-26-29-33-37-41-45-49-55(60)54(53-59)58-56(61)50-46-42-38-34-30-27-24-22-25-28-32-36-40-44-48-52-63-57(62)51-47-43-39-35-31-16-14-12-10-8-6-4-2/h25,28,45,49,54-55,59-60H,3-24,26-27,29-44,46-48,50-53H2,1-2H3,(H,58,61)/b28-25-,49-45+. The van der Waals surface area contributed by atoms with Crippen molar-refractivity contribution in [1.82, 2.24) is 5.32 Å². The lowest BCUT2D eigenvalue weighted by Crippen LogP contribution is -2.45. The van der Waals surface area contributed by atoms with E-state index in [2.05, 4.69) is 31.3 Å². The van der Waals surface area contributed by atoms with Gasteiger partial charge in [0, 0.05) is 12.8 Å². The summed E-state index contributed by atoms with van der Waals surface area (Å²) in [6, 6.07) is -0.639. The van der Waals surface area contributed by atoms with Crippen molar-refractivity contribution in [3.05, 3.63) is 24.3 Å². The molecule has 6 nitrogen and oxygen atoms in total. The highest BCUT2D eigenvalue weighted by atomic mass is 16.5. The Balaban J connectivity index is 3.51. The van der Waals surface area contributed by atoms with Crippen LogP contribution in [0.15, 0.2) is 24.3 Å². The van der Waals surface area contributed by atoms with E-state index >= 15 is 0 Å². The van der Waals surface area contributed by atoms with Gasteiger partial charge in [-0.15, -0.1) is 0 Å². The van der Waals surface area contributed by atoms with Crippen molar-refractivity contribution in [2.24, 2.45) is 0 Å². The number of rotatable bonds is 52. The Bertz CT molecular complexity index is 982. The third kappa shape index (κ3) is 49.6. The lowest BCUT2D eigenvalue weighted by molar-refractivity contribution is -0.143. The molecule has 0 bridgehead atoms. The number of unbranched alkanes of at least 4 members (excludes halogenated alkanes) is 39. The number of aliphatic hydroxyl groups excluding tert-OH is 2. The van der Waals surface area contributed by atoms with Crippen molar-refractivity contribution in [1.29, 1.82) is 0 Å². The number of ether oxygens (including phenoxy) is 1. The van der Waals surface area contributed by atoms with Crippen molar-refractivity contribution in [3.8, 4) is 0 Å². The number of aliphatic hydroxyl groups is 2. The number of amides is 1. The summed E-state index contributed by atoms with van der Waals surface area (Å²) >= 11 is 0. The lowest BCUT2D eigenvalue weighted by Gasteiger charge is -2.20. The summed E-state index contributed by atoms with van der Waals surface area (Å²) in [5.74, 6) is -0.0915. The van der Waals surface area contributed by atoms with E-state index in [9.17, 15) is 19.8 Å². The van der Waals surface area contributed by atoms with Crippen LogP contribution in [0.2, 0.25) is 0 Å². The molecule has 0 aromatic carbocycles. The van der Waals surface area contributed by atoms with E-state index in [-0.39, 0.29) is 18.5 Å². The summed E-state index contributed by atoms with van der Waals surface area (Å²) in [7, 11) is 0. The molecule has 2 unspecified atom stereocenters. The third-order valence-corrected chi connectivity index (χ3v) is 13.0. The molecule has 0 heterocycles. The third-order valence-electron chi connectivity index (χ3n) is 13.0. The SMILES string of the molecule is CCCCCCCCCCCCCCCCCCC/C=C/C(O)C(CO)NC(=O)CCCCCCCCC/C=C\CCCCCCOC(=O)CCCCCCCCCCCCCC. The Morgan fingerprint density at radius 2 is 0.746 bits per heavy atom. The second-order valence-electron chi connectivity index (χ2n) is 19.3. The first kappa shape index (κ1) is 61.3. The fourth-order valence-electron chi connectivity index (χ4n) is 8.63. The van der Waals surface area contributed by atoms with Gasteiger partial charge < -0.3 is 20.3 Å². The van der Waals surface area contributed by atoms with Gasteiger partial charge in [0.1, 0.15) is 0 Å². The first-order valence-corrected chi connectivity index (χ1v) is 28.1. The molecule has 0 saturated carbocycles. The van der Waals surface area contributed by atoms with Gasteiger partial charge in [-0.1, -0.05) is 256 Å². The zero-order valence-corrected chi connectivity index (χ0v) is 42.3. The smallest absolute Gasteiger partial charge is 0.305 e. The number of nitrogens with one attached hydrogen (secondary N) is 1. The number of hydrogen-bond acceptors (Lipinski definition) is 5. The van der Waals surface area contributed by atoms with Crippen molar-refractivity contribution in [2.45, 2.75) is 315 Å². The van der Waals surface area contributed by atoms with Crippen LogP contribution in [0.5, 0.6) is 0 Å². The zero-order chi connectivity index (χ0) is 45.8. The van der Waals surface area contributed by atoms with E-state index < -0.39 is 12.1 Å². The number of carbonyl (C=O) groups excluding carboxylic acids is 2. The van der Waals surface area contributed by atoms with E-state index in [0.717, 1.165) is 70.6 Å². The van der Waals surface area contributed by atoms with Crippen LogP contribution in [-0.2, 0) is 14.3 Å². The van der Waals surface area contributed by atoms with Crippen LogP contribution < -0.4 is 5.32 Å². The molecule has 2 atom stereocenters. The lowest BCUT2D eigenvalue weighted by atomic mass is 10.0. The molecule has 0 aromatic heterocycles. The summed E-state index contributed by atoms with van der Waals surface area (Å²) in [4.78, 5) is 24.5. The van der Waals surface area contributed by atoms with Gasteiger partial charge in [0.05, 0.1) is 25.4 Å². The highest BCUT2D eigenvalue weighted by Crippen LogP contribution is 2.16. The fraction of sp³-hybridized carbons (Fsp3) is 0.895. The molecule has 0 aliphatic heterocycles. The fourth-order valence-corrected chi connectivity index (χ4v) is 8.63. The highest BCUT2D eigenvalue weighted by Gasteiger charge is 2.18. The van der Waals surface area contributed by atoms with E-state index in [4.69, 9.17) is 4.74 Å². The Morgan fingerprint density at radius 1 is 0.429 bits per heavy atom. The molecule has 0 spiro atoms. The van der Waals surface area contributed by atoms with Crippen LogP contribution in [-0.4, -0.2) is 47.4 Å². The minimum atomic E-state index is -0.854. The Kier molecular flexibility index (Phi) is 51.6. The van der Waals surface area contributed by atoms with Crippen LogP contribution in [0.25, 0.3) is 0 Å². The number of allylic oxidation sites excluding steroid dienone is 3. The van der Waals surface area contributed by atoms with Gasteiger partial charge in [-0.2, -0.15) is 0 Å². The van der Waals surface area contributed by atoms with Gasteiger partial charge in [0.25, 0.3) is 0 Å². The number of esters is 1. The minimum Gasteiger partial charge on any atom is -0.466 e. The van der Waals surface area contributed by atoms with Gasteiger partial charge in [-0.05, 0) is 57.8 Å². The molecule has 0 aliphatic carbocycles. The second kappa shape index (κ2) is 53.0. The van der Waals surface area contributed by atoms with E-state index in [1.807, 2.05) is 6.08 Å². The second-order valence-corrected chi connectivity index (χ2v) is 19.3. The molecule has 1 amide bonds. The molecule has 3 N–H and O–H groups in total. The largest absolute Gasteiger partial charge is 0.466 e. The Hall–Kier alpha value is -1.66. The average Bonchev–Trinajstić information content (AvgIpc) is 3.28. The summed E-state index contributed by atoms with van der Waals surface area (Å²) in [6.45, 7) is 4.88.